The first kappa shape index (κ1) is 45.3. The standard InChI is InChI=1S/C44H46NO16P/c1-27(46)54-38(26-52-24-23-45-44(50)53-25-37-35-21-13-11-19-33(35)34-20-12-14-22-36(34)37)39-40(55-28(2)47)41(56-29(3)48)42(57-30(4)49)43(58-39)61-62(51,59-31-15-7-5-8-16-31)60-32-17-9-6-10-18-32/h5-22,37-43H,23-26H2,1-4H3,(H,45,50)/t38-,39?,40-,41?,42?,43+/m1/s1. The molecule has 1 aliphatic heterocycles. The maximum absolute atomic E-state index is 14.6. The fourth-order valence-corrected chi connectivity index (χ4v) is 8.39. The molecule has 18 heteroatoms. The molecule has 1 fully saturated rings. The van der Waals surface area contributed by atoms with Crippen molar-refractivity contribution in [1.82, 2.24) is 5.32 Å². The lowest BCUT2D eigenvalue weighted by molar-refractivity contribution is -0.302. The Morgan fingerprint density at radius 2 is 1.15 bits per heavy atom. The first-order chi connectivity index (χ1) is 29.8. The molecule has 1 saturated heterocycles. The number of phosphoric ester groups is 1. The van der Waals surface area contributed by atoms with E-state index in [9.17, 15) is 28.5 Å². The van der Waals surface area contributed by atoms with Crippen molar-refractivity contribution >= 4 is 37.8 Å². The van der Waals surface area contributed by atoms with Crippen LogP contribution in [-0.4, -0.2) is 93.1 Å². The average molecular weight is 876 g/mol. The summed E-state index contributed by atoms with van der Waals surface area (Å²) in [6.07, 6.45) is -10.9. The van der Waals surface area contributed by atoms with E-state index in [1.54, 1.807) is 36.4 Å². The maximum Gasteiger partial charge on any atom is 0.590 e. The second-order valence-electron chi connectivity index (χ2n) is 14.0. The molecule has 0 bridgehead atoms. The molecule has 4 aromatic carbocycles. The molecule has 0 saturated carbocycles. The fourth-order valence-electron chi connectivity index (χ4n) is 7.08. The topological polar surface area (TPSA) is 207 Å². The monoisotopic (exact) mass is 875 g/mol. The van der Waals surface area contributed by atoms with E-state index in [1.165, 1.54) is 24.3 Å². The van der Waals surface area contributed by atoms with E-state index in [4.69, 9.17) is 46.7 Å². The van der Waals surface area contributed by atoms with E-state index < -0.39 is 81.2 Å². The van der Waals surface area contributed by atoms with Crippen LogP contribution in [0.3, 0.4) is 0 Å². The molecule has 62 heavy (non-hydrogen) atoms. The Morgan fingerprint density at radius 3 is 1.68 bits per heavy atom. The number of amides is 1. The first-order valence-electron chi connectivity index (χ1n) is 19.6. The van der Waals surface area contributed by atoms with Crippen LogP contribution in [0.25, 0.3) is 11.1 Å². The number of ether oxygens (including phenoxy) is 7. The number of para-hydroxylation sites is 2. The van der Waals surface area contributed by atoms with Crippen molar-refractivity contribution < 1.29 is 75.3 Å². The maximum atomic E-state index is 14.6. The molecular formula is C44H46NO16P. The second kappa shape index (κ2) is 21.0. The SMILES string of the molecule is CC(=O)OC1C(OC(C)=O)[C@H](OC(C)=O)C([C@@H](COCCNC(=O)OCC2c3ccccc3-c3ccccc32)OC(C)=O)O[C@H]1OP(=O)(Oc1ccccc1)Oc1ccccc1. The van der Waals surface area contributed by atoms with E-state index in [2.05, 4.69) is 5.32 Å². The number of fused-ring (bicyclic) bond motifs is 3. The summed E-state index contributed by atoms with van der Waals surface area (Å²) >= 11 is 0. The highest BCUT2D eigenvalue weighted by Crippen LogP contribution is 2.52. The van der Waals surface area contributed by atoms with Crippen LogP contribution in [0, 0.1) is 0 Å². The van der Waals surface area contributed by atoms with Gasteiger partial charge in [0.1, 0.15) is 24.2 Å². The summed E-state index contributed by atoms with van der Waals surface area (Å²) in [4.78, 5) is 63.0. The van der Waals surface area contributed by atoms with E-state index in [-0.39, 0.29) is 37.2 Å². The molecule has 0 radical (unpaired) electrons. The quantitative estimate of drug-likeness (QED) is 0.0505. The molecule has 0 spiro atoms. The van der Waals surface area contributed by atoms with Crippen molar-refractivity contribution in [3.8, 4) is 22.6 Å². The molecule has 1 amide bonds. The number of carbonyl (C=O) groups excluding carboxylic acids is 5. The molecule has 0 aromatic heterocycles. The third kappa shape index (κ3) is 12.0. The van der Waals surface area contributed by atoms with Crippen LogP contribution in [0.2, 0.25) is 0 Å². The first-order valence-corrected chi connectivity index (χ1v) is 21.0. The van der Waals surface area contributed by atoms with Crippen molar-refractivity contribution in [1.29, 1.82) is 0 Å². The molecule has 1 aliphatic carbocycles. The Bertz CT molecular complexity index is 2150. The zero-order chi connectivity index (χ0) is 44.2. The minimum absolute atomic E-state index is 0.0461. The van der Waals surface area contributed by atoms with E-state index >= 15 is 0 Å². The third-order valence-corrected chi connectivity index (χ3v) is 10.8. The van der Waals surface area contributed by atoms with Gasteiger partial charge in [-0.05, 0) is 46.5 Å². The Morgan fingerprint density at radius 1 is 0.645 bits per heavy atom. The number of hydrogen-bond acceptors (Lipinski definition) is 16. The van der Waals surface area contributed by atoms with E-state index in [1.807, 2.05) is 48.5 Å². The van der Waals surface area contributed by atoms with E-state index in [0.717, 1.165) is 49.9 Å². The van der Waals surface area contributed by atoms with Crippen LogP contribution < -0.4 is 14.4 Å². The Kier molecular flexibility index (Phi) is 15.3. The second-order valence-corrected chi connectivity index (χ2v) is 15.5. The van der Waals surface area contributed by atoms with Crippen molar-refractivity contribution in [3.05, 3.63) is 120 Å². The smallest absolute Gasteiger partial charge is 0.457 e. The van der Waals surface area contributed by atoms with Crippen LogP contribution in [0.4, 0.5) is 4.79 Å². The number of nitrogens with one attached hydrogen (secondary N) is 1. The van der Waals surface area contributed by atoms with E-state index in [0.29, 0.717) is 0 Å². The van der Waals surface area contributed by atoms with Gasteiger partial charge in [0, 0.05) is 40.2 Å². The molecule has 4 aromatic rings. The van der Waals surface area contributed by atoms with Gasteiger partial charge in [0.15, 0.2) is 24.4 Å². The molecule has 1 heterocycles. The minimum Gasteiger partial charge on any atom is -0.457 e. The number of esters is 4. The molecule has 6 rings (SSSR count). The predicted molar refractivity (Wildman–Crippen MR) is 218 cm³/mol. The summed E-state index contributed by atoms with van der Waals surface area (Å²) < 4.78 is 72.0. The van der Waals surface area contributed by atoms with Crippen LogP contribution in [0.5, 0.6) is 11.5 Å². The van der Waals surface area contributed by atoms with Gasteiger partial charge in [-0.2, -0.15) is 0 Å². The van der Waals surface area contributed by atoms with Crippen molar-refractivity contribution in [2.24, 2.45) is 0 Å². The lowest BCUT2D eigenvalue weighted by atomic mass is 9.94. The number of carbonyl (C=O) groups is 5. The molecule has 328 valence electrons. The summed E-state index contributed by atoms with van der Waals surface area (Å²) in [5.74, 6) is -3.59. The van der Waals surface area contributed by atoms with Crippen LogP contribution in [-0.2, 0) is 61.4 Å². The molecule has 1 N–H and O–H groups in total. The normalized spacial score (nSPS) is 19.7. The lowest BCUT2D eigenvalue weighted by Crippen LogP contribution is -2.65. The van der Waals surface area contributed by atoms with Gasteiger partial charge in [-0.1, -0.05) is 84.9 Å². The summed E-state index contributed by atoms with van der Waals surface area (Å²) in [6, 6.07) is 31.6. The average Bonchev–Trinajstić information content (AvgIpc) is 3.55. The fraction of sp³-hybridized carbons (Fsp3) is 0.341. The number of rotatable bonds is 18. The van der Waals surface area contributed by atoms with Gasteiger partial charge in [0.05, 0.1) is 13.2 Å². The minimum atomic E-state index is -4.85. The molecule has 3 unspecified atom stereocenters. The van der Waals surface area contributed by atoms with Gasteiger partial charge in [-0.3, -0.25) is 19.2 Å². The van der Waals surface area contributed by atoms with Crippen molar-refractivity contribution in [2.75, 3.05) is 26.4 Å². The summed E-state index contributed by atoms with van der Waals surface area (Å²) in [6.45, 7) is 3.71. The highest BCUT2D eigenvalue weighted by atomic mass is 31.2. The molecule has 6 atom stereocenters. The highest BCUT2D eigenvalue weighted by Gasteiger charge is 2.57. The Balaban J connectivity index is 1.19. The summed E-state index contributed by atoms with van der Waals surface area (Å²) in [5.41, 5.74) is 4.27. The Hall–Kier alpha value is -6.26. The predicted octanol–water partition coefficient (Wildman–Crippen LogP) is 6.28. The van der Waals surface area contributed by atoms with Gasteiger partial charge < -0.3 is 47.5 Å². The number of phosphoric acid groups is 1. The molecular weight excluding hydrogens is 829 g/mol. The van der Waals surface area contributed by atoms with Gasteiger partial charge in [-0.25, -0.2) is 13.9 Å². The van der Waals surface area contributed by atoms with Gasteiger partial charge in [0.25, 0.3) is 0 Å². The largest absolute Gasteiger partial charge is 0.590 e. The summed E-state index contributed by atoms with van der Waals surface area (Å²) in [7, 11) is -4.85. The van der Waals surface area contributed by atoms with Crippen LogP contribution in [0.1, 0.15) is 44.7 Å². The van der Waals surface area contributed by atoms with Gasteiger partial charge in [-0.15, -0.1) is 0 Å². The number of benzene rings is 4. The van der Waals surface area contributed by atoms with Gasteiger partial charge in [0.2, 0.25) is 6.29 Å². The van der Waals surface area contributed by atoms with Crippen LogP contribution in [0.15, 0.2) is 109 Å². The molecule has 17 nitrogen and oxygen atoms in total. The van der Waals surface area contributed by atoms with Crippen LogP contribution >= 0.6 is 7.82 Å². The molecule has 2 aliphatic rings. The van der Waals surface area contributed by atoms with Gasteiger partial charge >= 0.3 is 37.8 Å². The zero-order valence-corrected chi connectivity index (χ0v) is 35.1. The lowest BCUT2D eigenvalue weighted by Gasteiger charge is -2.46. The summed E-state index contributed by atoms with van der Waals surface area (Å²) in [5, 5.41) is 2.63. The Labute approximate surface area is 357 Å². The number of alkyl carbamates (subject to hydrolysis) is 1. The third-order valence-electron chi connectivity index (χ3n) is 9.42. The van der Waals surface area contributed by atoms with Crippen molar-refractivity contribution in [2.45, 2.75) is 70.4 Å². The number of hydrogen-bond donors (Lipinski definition) is 1. The zero-order valence-electron chi connectivity index (χ0n) is 34.2. The van der Waals surface area contributed by atoms with Crippen molar-refractivity contribution in [3.63, 3.8) is 0 Å². The highest BCUT2D eigenvalue weighted by molar-refractivity contribution is 7.49.